The van der Waals surface area contributed by atoms with Gasteiger partial charge in [0.25, 0.3) is 5.88 Å². The summed E-state index contributed by atoms with van der Waals surface area (Å²) in [7, 11) is 0. The van der Waals surface area contributed by atoms with Gasteiger partial charge in [-0.3, -0.25) is 5.10 Å². The molecule has 0 unspecified atom stereocenters. The number of nitrogens with zero attached hydrogens (tertiary/aromatic N) is 5. The largest absolute Gasteiger partial charge is 0.434 e. The minimum atomic E-state index is -0.119. The highest BCUT2D eigenvalue weighted by Crippen LogP contribution is 2.35. The lowest BCUT2D eigenvalue weighted by molar-refractivity contribution is 0.0209. The summed E-state index contributed by atoms with van der Waals surface area (Å²) in [4.78, 5) is 15.6. The van der Waals surface area contributed by atoms with Crippen molar-refractivity contribution in [3.8, 4) is 11.6 Å². The fourth-order valence-electron chi connectivity index (χ4n) is 3.46. The van der Waals surface area contributed by atoms with Gasteiger partial charge < -0.3 is 25.4 Å². The lowest BCUT2D eigenvalue weighted by atomic mass is 9.91. The van der Waals surface area contributed by atoms with Crippen LogP contribution < -0.4 is 20.7 Å². The number of pyridine rings is 1. The maximum Gasteiger partial charge on any atom is 0.266 e. The number of anilines is 2. The molecule has 5 rings (SSSR count). The number of rotatable bonds is 5. The number of piperidine rings is 1. The molecule has 0 spiro atoms. The van der Waals surface area contributed by atoms with E-state index < -0.39 is 0 Å². The Morgan fingerprint density at radius 1 is 1.33 bits per heavy atom. The summed E-state index contributed by atoms with van der Waals surface area (Å²) < 4.78 is 11.1. The van der Waals surface area contributed by atoms with E-state index in [0.29, 0.717) is 46.8 Å². The number of hydrogen-bond donors (Lipinski definition) is 3. The Hall–Kier alpha value is -2.69. The maximum atomic E-state index is 6.47. The fraction of sp³-hybridized carbons (Fsp3) is 0.474. The number of aromatic nitrogens is 5. The van der Waals surface area contributed by atoms with E-state index in [9.17, 15) is 0 Å². The molecular formula is C19H23ClN8O2. The first kappa shape index (κ1) is 19.3. The Kier molecular flexibility index (Phi) is 4.84. The van der Waals surface area contributed by atoms with Gasteiger partial charge in [0.05, 0.1) is 25.5 Å². The molecule has 0 aliphatic carbocycles. The Morgan fingerprint density at radius 2 is 2.13 bits per heavy atom. The van der Waals surface area contributed by atoms with Gasteiger partial charge in [0.1, 0.15) is 16.7 Å². The van der Waals surface area contributed by atoms with Crippen molar-refractivity contribution in [2.75, 3.05) is 36.5 Å². The number of nitrogens with two attached hydrogens (primary N) is 1. The predicted molar refractivity (Wildman–Crippen MR) is 113 cm³/mol. The number of fused-ring (bicyclic) bond motifs is 1. The number of nitrogens with one attached hydrogen (secondary N) is 2. The summed E-state index contributed by atoms with van der Waals surface area (Å²) >= 11 is 6.47. The van der Waals surface area contributed by atoms with Crippen molar-refractivity contribution in [2.45, 2.75) is 31.3 Å². The Labute approximate surface area is 178 Å². The number of halogens is 1. The lowest BCUT2D eigenvalue weighted by Gasteiger charge is -2.37. The van der Waals surface area contributed by atoms with E-state index in [4.69, 9.17) is 26.8 Å². The van der Waals surface area contributed by atoms with Gasteiger partial charge in [-0.25, -0.2) is 15.0 Å². The molecule has 2 aliphatic heterocycles. The zero-order chi connectivity index (χ0) is 20.7. The molecule has 3 aromatic rings. The van der Waals surface area contributed by atoms with Crippen molar-refractivity contribution in [2.24, 2.45) is 5.73 Å². The van der Waals surface area contributed by atoms with Crippen LogP contribution in [0.5, 0.6) is 11.6 Å². The highest BCUT2D eigenvalue weighted by Gasteiger charge is 2.27. The quantitative estimate of drug-likeness (QED) is 0.558. The van der Waals surface area contributed by atoms with Crippen molar-refractivity contribution < 1.29 is 9.47 Å². The average Bonchev–Trinajstić information content (AvgIpc) is 3.09. The van der Waals surface area contributed by atoms with Gasteiger partial charge >= 0.3 is 0 Å². The van der Waals surface area contributed by atoms with E-state index >= 15 is 0 Å². The molecule has 3 aromatic heterocycles. The van der Waals surface area contributed by atoms with Crippen LogP contribution >= 0.6 is 11.6 Å². The third kappa shape index (κ3) is 3.73. The van der Waals surface area contributed by atoms with Gasteiger partial charge in [0.2, 0.25) is 0 Å². The molecule has 0 atom stereocenters. The summed E-state index contributed by atoms with van der Waals surface area (Å²) in [5.41, 5.74) is 7.20. The molecule has 2 fully saturated rings. The first-order chi connectivity index (χ1) is 14.5. The third-order valence-electron chi connectivity index (χ3n) is 5.49. The second-order valence-electron chi connectivity index (χ2n) is 8.05. The number of hydrogen-bond acceptors (Lipinski definition) is 9. The topological polar surface area (TPSA) is 127 Å². The summed E-state index contributed by atoms with van der Waals surface area (Å²) in [5.74, 6) is 2.09. The summed E-state index contributed by atoms with van der Waals surface area (Å²) in [6, 6.07) is 1.89. The van der Waals surface area contributed by atoms with Crippen LogP contribution in [0.4, 0.5) is 11.6 Å². The predicted octanol–water partition coefficient (Wildman–Crippen LogP) is 2.32. The van der Waals surface area contributed by atoms with E-state index in [1.807, 2.05) is 0 Å². The smallest absolute Gasteiger partial charge is 0.266 e. The van der Waals surface area contributed by atoms with E-state index in [2.05, 4.69) is 42.3 Å². The summed E-state index contributed by atoms with van der Waals surface area (Å²) in [6.45, 7) is 5.04. The van der Waals surface area contributed by atoms with Gasteiger partial charge in [-0.15, -0.1) is 5.10 Å². The Bertz CT molecular complexity index is 1060. The molecule has 10 nitrogen and oxygen atoms in total. The van der Waals surface area contributed by atoms with Crippen molar-refractivity contribution in [3.05, 3.63) is 23.5 Å². The van der Waals surface area contributed by atoms with Crippen molar-refractivity contribution in [1.82, 2.24) is 25.1 Å². The Balaban J connectivity index is 1.35. The normalized spacial score (nSPS) is 19.0. The molecule has 0 saturated carbocycles. The summed E-state index contributed by atoms with van der Waals surface area (Å²) in [6.07, 6.45) is 5.19. The van der Waals surface area contributed by atoms with Gasteiger partial charge in [-0.05, 0) is 19.8 Å². The molecule has 0 aromatic carbocycles. The first-order valence-electron chi connectivity index (χ1n) is 9.90. The molecule has 0 bridgehead atoms. The van der Waals surface area contributed by atoms with Crippen LogP contribution in [0.2, 0.25) is 5.02 Å². The lowest BCUT2D eigenvalue weighted by Crippen LogP contribution is -2.48. The standard InChI is InChI=1S/C19H23ClN8O2/c1-19(21)3-6-28(7-4-19)13-8-23-15-17(25-13)26-27-18(15)30-12-2-5-22-16(14(12)20)24-11-9-29-10-11/h2,5,8,11H,3-4,6-7,9-10,21H2,1H3,(H,22,24)(H,25,26,27). The van der Waals surface area contributed by atoms with E-state index in [1.54, 1.807) is 18.5 Å². The van der Waals surface area contributed by atoms with E-state index in [-0.39, 0.29) is 11.6 Å². The van der Waals surface area contributed by atoms with Gasteiger partial charge in [-0.2, -0.15) is 0 Å². The van der Waals surface area contributed by atoms with Gasteiger partial charge in [0, 0.05) is 30.9 Å². The van der Waals surface area contributed by atoms with Crippen molar-refractivity contribution in [1.29, 1.82) is 0 Å². The minimum absolute atomic E-state index is 0.119. The second kappa shape index (κ2) is 7.53. The summed E-state index contributed by atoms with van der Waals surface area (Å²) in [5, 5.41) is 10.7. The number of H-pyrrole nitrogens is 1. The second-order valence-corrected chi connectivity index (χ2v) is 8.43. The van der Waals surface area contributed by atoms with E-state index in [0.717, 1.165) is 31.7 Å². The molecule has 0 radical (unpaired) electrons. The van der Waals surface area contributed by atoms with Gasteiger partial charge in [-0.1, -0.05) is 11.6 Å². The molecular weight excluding hydrogens is 408 g/mol. The minimum Gasteiger partial charge on any atom is -0.434 e. The van der Waals surface area contributed by atoms with Crippen LogP contribution in [0.25, 0.3) is 11.2 Å². The first-order valence-corrected chi connectivity index (χ1v) is 10.3. The molecule has 2 aliphatic rings. The molecule has 158 valence electrons. The third-order valence-corrected chi connectivity index (χ3v) is 5.86. The number of aromatic amines is 1. The van der Waals surface area contributed by atoms with Crippen molar-refractivity contribution in [3.63, 3.8) is 0 Å². The highest BCUT2D eigenvalue weighted by atomic mass is 35.5. The maximum absolute atomic E-state index is 6.47. The van der Waals surface area contributed by atoms with Crippen LogP contribution in [-0.2, 0) is 4.74 Å². The SMILES string of the molecule is CC1(N)CCN(c2cnc3c(Oc4ccnc(NC5COC5)c4Cl)n[nH]c3n2)CC1. The number of ether oxygens (including phenoxy) is 2. The zero-order valence-electron chi connectivity index (χ0n) is 16.6. The van der Waals surface area contributed by atoms with Crippen LogP contribution in [0.15, 0.2) is 18.5 Å². The molecule has 30 heavy (non-hydrogen) atoms. The zero-order valence-corrected chi connectivity index (χ0v) is 17.3. The molecule has 0 amide bonds. The molecule has 5 heterocycles. The molecule has 11 heteroatoms. The van der Waals surface area contributed by atoms with E-state index in [1.165, 1.54) is 0 Å². The Morgan fingerprint density at radius 3 is 2.87 bits per heavy atom. The van der Waals surface area contributed by atoms with Crippen LogP contribution in [0.1, 0.15) is 19.8 Å². The fourth-order valence-corrected chi connectivity index (χ4v) is 3.67. The van der Waals surface area contributed by atoms with Crippen LogP contribution in [0.3, 0.4) is 0 Å². The monoisotopic (exact) mass is 430 g/mol. The van der Waals surface area contributed by atoms with Gasteiger partial charge in [0.15, 0.2) is 16.9 Å². The molecule has 4 N–H and O–H groups in total. The van der Waals surface area contributed by atoms with Crippen LogP contribution in [-0.4, -0.2) is 63.0 Å². The highest BCUT2D eigenvalue weighted by molar-refractivity contribution is 6.34. The van der Waals surface area contributed by atoms with Crippen molar-refractivity contribution >= 4 is 34.4 Å². The van der Waals surface area contributed by atoms with Crippen LogP contribution in [0, 0.1) is 0 Å². The molecule has 2 saturated heterocycles. The average molecular weight is 431 g/mol.